The number of nitrogens with zero attached hydrogens (tertiary/aromatic N) is 3. The molecule has 1 aliphatic heterocycles. The second kappa shape index (κ2) is 6.22. The monoisotopic (exact) mass is 253 g/mol. The van der Waals surface area contributed by atoms with Crippen LogP contribution in [0.4, 0.5) is 5.69 Å². The lowest BCUT2D eigenvalue weighted by molar-refractivity contribution is 0.258. The first-order valence-corrected chi connectivity index (χ1v) is 6.85. The predicted molar refractivity (Wildman–Crippen MR) is 72.7 cm³/mol. The fourth-order valence-corrected chi connectivity index (χ4v) is 2.43. The van der Waals surface area contributed by atoms with Gasteiger partial charge in [-0.05, 0) is 25.1 Å². The zero-order valence-corrected chi connectivity index (χ0v) is 11.2. The van der Waals surface area contributed by atoms with Crippen molar-refractivity contribution in [2.75, 3.05) is 37.6 Å². The third-order valence-corrected chi connectivity index (χ3v) is 3.49. The zero-order valence-electron chi connectivity index (χ0n) is 10.4. The first-order valence-electron chi connectivity index (χ1n) is 6.31. The van der Waals surface area contributed by atoms with E-state index in [9.17, 15) is 0 Å². The molecule has 0 spiro atoms. The van der Waals surface area contributed by atoms with Crippen molar-refractivity contribution < 1.29 is 0 Å². The lowest BCUT2D eigenvalue weighted by Gasteiger charge is -2.36. The maximum absolute atomic E-state index is 5.81. The van der Waals surface area contributed by atoms with Crippen LogP contribution in [0.25, 0.3) is 0 Å². The number of aromatic nitrogens is 1. The fraction of sp³-hybridized carbons (Fsp3) is 0.615. The zero-order chi connectivity index (χ0) is 12.1. The Bertz CT molecular complexity index is 348. The van der Waals surface area contributed by atoms with Gasteiger partial charge < -0.3 is 4.90 Å². The molecule has 3 nitrogen and oxygen atoms in total. The van der Waals surface area contributed by atoms with Gasteiger partial charge in [0.2, 0.25) is 0 Å². The standard InChI is InChI=1S/C13H20ClN3/c1-2-5-16-6-8-17(9-7-16)13-3-4-15-12(10-13)11-14/h3-4,10H,2,5-9,11H2,1H3. The number of rotatable bonds is 4. The van der Waals surface area contributed by atoms with Gasteiger partial charge in [-0.1, -0.05) is 6.92 Å². The van der Waals surface area contributed by atoms with Gasteiger partial charge in [-0.25, -0.2) is 0 Å². The smallest absolute Gasteiger partial charge is 0.0648 e. The summed E-state index contributed by atoms with van der Waals surface area (Å²) in [5.41, 5.74) is 2.21. The van der Waals surface area contributed by atoms with Crippen LogP contribution < -0.4 is 4.90 Å². The van der Waals surface area contributed by atoms with E-state index >= 15 is 0 Å². The first kappa shape index (κ1) is 12.7. The summed E-state index contributed by atoms with van der Waals surface area (Å²) in [6, 6.07) is 4.17. The molecule has 0 radical (unpaired) electrons. The summed E-state index contributed by atoms with van der Waals surface area (Å²) in [6.45, 7) is 7.98. The van der Waals surface area contributed by atoms with E-state index in [0.29, 0.717) is 5.88 Å². The van der Waals surface area contributed by atoms with Crippen LogP contribution in [0.2, 0.25) is 0 Å². The van der Waals surface area contributed by atoms with Crippen LogP contribution in [-0.4, -0.2) is 42.6 Å². The number of alkyl halides is 1. The van der Waals surface area contributed by atoms with Crippen molar-refractivity contribution in [1.82, 2.24) is 9.88 Å². The topological polar surface area (TPSA) is 19.4 Å². The van der Waals surface area contributed by atoms with E-state index in [1.165, 1.54) is 18.7 Å². The summed E-state index contributed by atoms with van der Waals surface area (Å²) in [5, 5.41) is 0. The third kappa shape index (κ3) is 3.33. The molecule has 0 unspecified atom stereocenters. The van der Waals surface area contributed by atoms with Crippen LogP contribution in [0.1, 0.15) is 19.0 Å². The van der Waals surface area contributed by atoms with Crippen molar-refractivity contribution in [3.8, 4) is 0 Å². The van der Waals surface area contributed by atoms with Crippen LogP contribution in [0.15, 0.2) is 18.3 Å². The van der Waals surface area contributed by atoms with E-state index in [4.69, 9.17) is 11.6 Å². The summed E-state index contributed by atoms with van der Waals surface area (Å²) in [4.78, 5) is 9.18. The van der Waals surface area contributed by atoms with Crippen LogP contribution in [0.3, 0.4) is 0 Å². The van der Waals surface area contributed by atoms with Crippen molar-refractivity contribution in [3.63, 3.8) is 0 Å². The molecule has 1 aliphatic rings. The van der Waals surface area contributed by atoms with Crippen molar-refractivity contribution >= 4 is 17.3 Å². The molecule has 94 valence electrons. The van der Waals surface area contributed by atoms with Gasteiger partial charge in [-0.15, -0.1) is 11.6 Å². The molecule has 0 bridgehead atoms. The second-order valence-electron chi connectivity index (χ2n) is 4.47. The van der Waals surface area contributed by atoms with Gasteiger partial charge in [-0.3, -0.25) is 9.88 Å². The first-order chi connectivity index (χ1) is 8.33. The van der Waals surface area contributed by atoms with Gasteiger partial charge in [-0.2, -0.15) is 0 Å². The Morgan fingerprint density at radius 2 is 2.06 bits per heavy atom. The minimum absolute atomic E-state index is 0.490. The average molecular weight is 254 g/mol. The van der Waals surface area contributed by atoms with E-state index in [0.717, 1.165) is 31.9 Å². The molecule has 0 atom stereocenters. The van der Waals surface area contributed by atoms with Crippen molar-refractivity contribution in [2.45, 2.75) is 19.2 Å². The Morgan fingerprint density at radius 1 is 1.29 bits per heavy atom. The highest BCUT2D eigenvalue weighted by Crippen LogP contribution is 2.17. The number of hydrogen-bond donors (Lipinski definition) is 0. The van der Waals surface area contributed by atoms with Crippen LogP contribution in [0, 0.1) is 0 Å². The molecule has 1 aromatic rings. The van der Waals surface area contributed by atoms with Gasteiger partial charge in [0.15, 0.2) is 0 Å². The number of piperazine rings is 1. The molecule has 0 saturated carbocycles. The van der Waals surface area contributed by atoms with Crippen LogP contribution in [0.5, 0.6) is 0 Å². The van der Waals surface area contributed by atoms with Gasteiger partial charge in [0.05, 0.1) is 11.6 Å². The van der Waals surface area contributed by atoms with E-state index in [1.54, 1.807) is 0 Å². The minimum atomic E-state index is 0.490. The van der Waals surface area contributed by atoms with E-state index in [-0.39, 0.29) is 0 Å². The Labute approximate surface area is 108 Å². The summed E-state index contributed by atoms with van der Waals surface area (Å²) < 4.78 is 0. The second-order valence-corrected chi connectivity index (χ2v) is 4.73. The molecule has 4 heteroatoms. The largest absolute Gasteiger partial charge is 0.369 e. The van der Waals surface area contributed by atoms with Crippen molar-refractivity contribution in [3.05, 3.63) is 24.0 Å². The van der Waals surface area contributed by atoms with Gasteiger partial charge in [0.25, 0.3) is 0 Å². The Kier molecular flexibility index (Phi) is 4.63. The molecule has 1 saturated heterocycles. The maximum atomic E-state index is 5.81. The summed E-state index contributed by atoms with van der Waals surface area (Å²) in [7, 11) is 0. The highest BCUT2D eigenvalue weighted by Gasteiger charge is 2.16. The SMILES string of the molecule is CCCN1CCN(c2ccnc(CCl)c2)CC1. The highest BCUT2D eigenvalue weighted by molar-refractivity contribution is 6.16. The molecule has 0 aromatic carbocycles. The Hall–Kier alpha value is -0.800. The molecular formula is C13H20ClN3. The minimum Gasteiger partial charge on any atom is -0.369 e. The molecule has 2 rings (SSSR count). The van der Waals surface area contributed by atoms with Crippen molar-refractivity contribution in [2.24, 2.45) is 0 Å². The molecular weight excluding hydrogens is 234 g/mol. The molecule has 2 heterocycles. The number of halogens is 1. The van der Waals surface area contributed by atoms with Gasteiger partial charge in [0, 0.05) is 38.1 Å². The van der Waals surface area contributed by atoms with E-state index in [2.05, 4.69) is 33.8 Å². The predicted octanol–water partition coefficient (Wildman–Crippen LogP) is 2.35. The number of anilines is 1. The third-order valence-electron chi connectivity index (χ3n) is 3.21. The van der Waals surface area contributed by atoms with Gasteiger partial charge in [0.1, 0.15) is 0 Å². The molecule has 1 fully saturated rings. The number of pyridine rings is 1. The Morgan fingerprint density at radius 3 is 2.71 bits per heavy atom. The molecule has 17 heavy (non-hydrogen) atoms. The van der Waals surface area contributed by atoms with Gasteiger partial charge >= 0.3 is 0 Å². The van der Waals surface area contributed by atoms with Crippen LogP contribution >= 0.6 is 11.6 Å². The quantitative estimate of drug-likeness (QED) is 0.768. The molecule has 0 amide bonds. The average Bonchev–Trinajstić information content (AvgIpc) is 2.40. The normalized spacial score (nSPS) is 17.4. The maximum Gasteiger partial charge on any atom is 0.0648 e. The van der Waals surface area contributed by atoms with E-state index < -0.39 is 0 Å². The summed E-state index contributed by atoms with van der Waals surface area (Å²) in [5.74, 6) is 0.490. The van der Waals surface area contributed by atoms with E-state index in [1.807, 2.05) is 6.20 Å². The Balaban J connectivity index is 1.95. The fourth-order valence-electron chi connectivity index (χ4n) is 2.28. The molecule has 1 aromatic heterocycles. The number of hydrogen-bond acceptors (Lipinski definition) is 3. The van der Waals surface area contributed by atoms with Crippen molar-refractivity contribution in [1.29, 1.82) is 0 Å². The summed E-state index contributed by atoms with van der Waals surface area (Å²) >= 11 is 5.81. The van der Waals surface area contributed by atoms with Crippen LogP contribution in [-0.2, 0) is 5.88 Å². The lowest BCUT2D eigenvalue weighted by Crippen LogP contribution is -2.46. The summed E-state index contributed by atoms with van der Waals surface area (Å²) in [6.07, 6.45) is 3.09. The lowest BCUT2D eigenvalue weighted by atomic mass is 10.2. The highest BCUT2D eigenvalue weighted by atomic mass is 35.5. The molecule has 0 aliphatic carbocycles. The molecule has 0 N–H and O–H groups in total.